The molecule has 0 unspecified atom stereocenters. The van der Waals surface area contributed by atoms with E-state index < -0.39 is 16.9 Å². The molecule has 8 nitrogen and oxygen atoms in total. The Morgan fingerprint density at radius 3 is 2.65 bits per heavy atom. The fourth-order valence-corrected chi connectivity index (χ4v) is 5.23. The number of rotatable bonds is 8. The van der Waals surface area contributed by atoms with Gasteiger partial charge in [0.1, 0.15) is 6.61 Å². The Morgan fingerprint density at radius 2 is 1.97 bits per heavy atom. The molecule has 174 valence electrons. The molecule has 0 aliphatic carbocycles. The molecule has 0 radical (unpaired) electrons. The van der Waals surface area contributed by atoms with E-state index >= 15 is 0 Å². The Morgan fingerprint density at radius 1 is 1.23 bits per heavy atom. The smallest absolute Gasteiger partial charge is 0.339 e. The van der Waals surface area contributed by atoms with Gasteiger partial charge in [0.05, 0.1) is 13.2 Å². The van der Waals surface area contributed by atoms with Gasteiger partial charge in [0, 0.05) is 50.3 Å². The van der Waals surface area contributed by atoms with E-state index in [2.05, 4.69) is 24.8 Å². The van der Waals surface area contributed by atoms with Crippen molar-refractivity contribution in [1.82, 2.24) is 14.1 Å². The van der Waals surface area contributed by atoms with Crippen LogP contribution in [0.15, 0.2) is 24.3 Å². The Bertz CT molecular complexity index is 845. The number of carbonyl (C=O) groups excluding carboxylic acids is 1. The summed E-state index contributed by atoms with van der Waals surface area (Å²) < 4.78 is 36.1. The third-order valence-electron chi connectivity index (χ3n) is 5.59. The zero-order chi connectivity index (χ0) is 22.4. The summed E-state index contributed by atoms with van der Waals surface area (Å²) in [6, 6.07) is 8.02. The predicted octanol–water partition coefficient (Wildman–Crippen LogP) is 1.99. The van der Waals surface area contributed by atoms with Crippen LogP contribution in [0.4, 0.5) is 0 Å². The Labute approximate surface area is 190 Å². The summed E-state index contributed by atoms with van der Waals surface area (Å²) in [6.07, 6.45) is 0.942. The summed E-state index contributed by atoms with van der Waals surface area (Å²) in [5.74, 6) is 0.174. The van der Waals surface area contributed by atoms with Crippen molar-refractivity contribution in [2.45, 2.75) is 32.9 Å². The van der Waals surface area contributed by atoms with E-state index in [-0.39, 0.29) is 25.0 Å². The first-order valence-corrected chi connectivity index (χ1v) is 12.5. The quantitative estimate of drug-likeness (QED) is 0.574. The largest absolute Gasteiger partial charge is 0.379 e. The van der Waals surface area contributed by atoms with Gasteiger partial charge in [-0.15, -0.1) is 0 Å². The van der Waals surface area contributed by atoms with Crippen molar-refractivity contribution in [3.8, 4) is 0 Å². The van der Waals surface area contributed by atoms with Crippen LogP contribution in [0.2, 0.25) is 5.02 Å². The lowest BCUT2D eigenvalue weighted by molar-refractivity contribution is -0.136. The van der Waals surface area contributed by atoms with Gasteiger partial charge < -0.3 is 9.64 Å². The van der Waals surface area contributed by atoms with Crippen molar-refractivity contribution in [3.05, 3.63) is 34.9 Å². The van der Waals surface area contributed by atoms with Gasteiger partial charge in [0.25, 0.3) is 0 Å². The molecule has 2 aliphatic heterocycles. The normalized spacial score (nSPS) is 21.5. The molecule has 1 aromatic carbocycles. The summed E-state index contributed by atoms with van der Waals surface area (Å²) in [5.41, 5.74) is 1.14. The minimum atomic E-state index is -3.92. The van der Waals surface area contributed by atoms with E-state index in [1.54, 1.807) is 4.90 Å². The van der Waals surface area contributed by atoms with Crippen LogP contribution in [-0.4, -0.2) is 87.0 Å². The second-order valence-electron chi connectivity index (χ2n) is 8.45. The number of carbonyl (C=O) groups is 1. The van der Waals surface area contributed by atoms with Crippen LogP contribution in [0.3, 0.4) is 0 Å². The number of nitrogens with zero attached hydrogens (tertiary/aromatic N) is 3. The highest BCUT2D eigenvalue weighted by molar-refractivity contribution is 7.84. The van der Waals surface area contributed by atoms with Crippen molar-refractivity contribution in [1.29, 1.82) is 0 Å². The Hall–Kier alpha value is -1.23. The van der Waals surface area contributed by atoms with E-state index in [9.17, 15) is 13.2 Å². The number of amides is 1. The van der Waals surface area contributed by atoms with Crippen LogP contribution >= 0.6 is 11.6 Å². The molecular formula is C21H32ClN3O5S. The third kappa shape index (κ3) is 7.13. The van der Waals surface area contributed by atoms with Gasteiger partial charge in [-0.25, -0.2) is 4.18 Å². The summed E-state index contributed by atoms with van der Waals surface area (Å²) in [4.78, 5) is 16.8. The lowest BCUT2D eigenvalue weighted by Crippen LogP contribution is -2.55. The minimum absolute atomic E-state index is 0.188. The van der Waals surface area contributed by atoms with Crippen molar-refractivity contribution in [2.75, 3.05) is 52.5 Å². The molecule has 3 rings (SSSR count). The summed E-state index contributed by atoms with van der Waals surface area (Å²) in [6.45, 7) is 7.59. The predicted molar refractivity (Wildman–Crippen MR) is 119 cm³/mol. The molecule has 1 aromatic rings. The lowest BCUT2D eigenvalue weighted by atomic mass is 9.99. The van der Waals surface area contributed by atoms with Crippen LogP contribution in [-0.2, 0) is 30.6 Å². The number of hydrogen-bond acceptors (Lipinski definition) is 6. The topological polar surface area (TPSA) is 79.4 Å². The molecule has 2 fully saturated rings. The lowest BCUT2D eigenvalue weighted by Gasteiger charge is -2.42. The van der Waals surface area contributed by atoms with E-state index in [1.807, 2.05) is 18.2 Å². The highest BCUT2D eigenvalue weighted by Crippen LogP contribution is 2.21. The van der Waals surface area contributed by atoms with Gasteiger partial charge >= 0.3 is 10.3 Å². The molecule has 2 heterocycles. The zero-order valence-corrected chi connectivity index (χ0v) is 19.8. The highest BCUT2D eigenvalue weighted by Gasteiger charge is 2.32. The number of hydrogen-bond donors (Lipinski definition) is 0. The maximum Gasteiger partial charge on any atom is 0.339 e. The molecule has 10 heteroatoms. The molecule has 0 aromatic heterocycles. The van der Waals surface area contributed by atoms with Crippen LogP contribution < -0.4 is 0 Å². The van der Waals surface area contributed by atoms with E-state index in [0.29, 0.717) is 43.8 Å². The SMILES string of the molecule is CC(C)C[C@@H]1CN(C(=O)COS(=O)(=O)N2CCOCC2)CCN1Cc1cccc(Cl)c1. The fourth-order valence-electron chi connectivity index (χ4n) is 4.03. The molecule has 1 amide bonds. The number of morpholine rings is 1. The molecule has 0 spiro atoms. The molecular weight excluding hydrogens is 442 g/mol. The minimum Gasteiger partial charge on any atom is -0.379 e. The standard InChI is InChI=1S/C21H32ClN3O5S/c1-17(2)12-20-15-24(7-6-23(20)14-18-4-3-5-19(22)13-18)21(26)16-30-31(27,28)25-8-10-29-11-9-25/h3-5,13,17,20H,6-12,14-16H2,1-2H3/t20-/m1/s1. The number of halogens is 1. The van der Waals surface area contributed by atoms with Crippen molar-refractivity contribution < 1.29 is 22.1 Å². The van der Waals surface area contributed by atoms with E-state index in [0.717, 1.165) is 18.5 Å². The Balaban J connectivity index is 1.58. The maximum absolute atomic E-state index is 12.7. The molecule has 0 saturated carbocycles. The van der Waals surface area contributed by atoms with Crippen LogP contribution in [0.1, 0.15) is 25.8 Å². The first-order valence-electron chi connectivity index (χ1n) is 10.7. The monoisotopic (exact) mass is 473 g/mol. The molecule has 0 bridgehead atoms. The first-order chi connectivity index (χ1) is 14.7. The average Bonchev–Trinajstić information content (AvgIpc) is 2.73. The second-order valence-corrected chi connectivity index (χ2v) is 10.5. The summed E-state index contributed by atoms with van der Waals surface area (Å²) in [7, 11) is -3.92. The van der Waals surface area contributed by atoms with Crippen molar-refractivity contribution in [3.63, 3.8) is 0 Å². The van der Waals surface area contributed by atoms with E-state index in [4.69, 9.17) is 20.5 Å². The summed E-state index contributed by atoms with van der Waals surface area (Å²) >= 11 is 6.13. The van der Waals surface area contributed by atoms with Crippen LogP contribution in [0.25, 0.3) is 0 Å². The fraction of sp³-hybridized carbons (Fsp3) is 0.667. The zero-order valence-electron chi connectivity index (χ0n) is 18.2. The number of piperazine rings is 1. The van der Waals surface area contributed by atoms with Gasteiger partial charge in [-0.3, -0.25) is 9.69 Å². The molecule has 31 heavy (non-hydrogen) atoms. The first kappa shape index (κ1) is 24.4. The van der Waals surface area contributed by atoms with Gasteiger partial charge in [-0.2, -0.15) is 12.7 Å². The average molecular weight is 474 g/mol. The maximum atomic E-state index is 12.7. The number of benzene rings is 1. The molecule has 0 N–H and O–H groups in total. The van der Waals surface area contributed by atoms with Crippen LogP contribution in [0.5, 0.6) is 0 Å². The molecule has 1 atom stereocenters. The van der Waals surface area contributed by atoms with Gasteiger partial charge in [0.2, 0.25) is 5.91 Å². The van der Waals surface area contributed by atoms with Crippen molar-refractivity contribution >= 4 is 27.8 Å². The third-order valence-corrected chi connectivity index (χ3v) is 7.24. The molecule has 2 saturated heterocycles. The number of ether oxygens (including phenoxy) is 1. The Kier molecular flexibility index (Phi) is 8.72. The summed E-state index contributed by atoms with van der Waals surface area (Å²) in [5, 5.41) is 0.713. The molecule has 2 aliphatic rings. The van der Waals surface area contributed by atoms with Gasteiger partial charge in [-0.1, -0.05) is 37.6 Å². The van der Waals surface area contributed by atoms with Crippen LogP contribution in [0, 0.1) is 5.92 Å². The van der Waals surface area contributed by atoms with Gasteiger partial charge in [-0.05, 0) is 30.0 Å². The van der Waals surface area contributed by atoms with Crippen molar-refractivity contribution in [2.24, 2.45) is 5.92 Å². The van der Waals surface area contributed by atoms with E-state index in [1.165, 1.54) is 4.31 Å². The van der Waals surface area contributed by atoms with Gasteiger partial charge in [0.15, 0.2) is 0 Å². The second kappa shape index (κ2) is 11.1. The highest BCUT2D eigenvalue weighted by atomic mass is 35.5.